The number of rotatable bonds is 16. The molecule has 2 aromatic heterocycles. The van der Waals surface area contributed by atoms with Gasteiger partial charge in [-0.15, -0.1) is 0 Å². The highest BCUT2D eigenvalue weighted by Crippen LogP contribution is 2.42. The summed E-state index contributed by atoms with van der Waals surface area (Å²) in [4.78, 5) is 64.9. The maximum absolute atomic E-state index is 13.5. The number of imide groups is 1. The fraction of sp³-hybridized carbons (Fsp3) is 0.449. The minimum Gasteiger partial charge on any atom is -0.494 e. The van der Waals surface area contributed by atoms with Crippen molar-refractivity contribution in [3.05, 3.63) is 82.2 Å². The Morgan fingerprint density at radius 1 is 0.882 bits per heavy atom. The van der Waals surface area contributed by atoms with E-state index in [0.29, 0.717) is 80.9 Å². The maximum atomic E-state index is 13.5. The van der Waals surface area contributed by atoms with Crippen LogP contribution in [0, 0.1) is 6.92 Å². The van der Waals surface area contributed by atoms with Crippen molar-refractivity contribution in [1.82, 2.24) is 40.0 Å². The summed E-state index contributed by atoms with van der Waals surface area (Å²) in [5, 5.41) is 9.73. The number of carbonyl (C=O) groups is 3. The van der Waals surface area contributed by atoms with Crippen molar-refractivity contribution >= 4 is 86.0 Å². The predicted octanol–water partition coefficient (Wildman–Crippen LogP) is 6.83. The van der Waals surface area contributed by atoms with Gasteiger partial charge in [0.15, 0.2) is 0 Å². The van der Waals surface area contributed by atoms with Crippen molar-refractivity contribution < 1.29 is 28.4 Å². The van der Waals surface area contributed by atoms with E-state index in [0.717, 1.165) is 100 Å². The van der Waals surface area contributed by atoms with Crippen molar-refractivity contribution in [1.29, 1.82) is 0 Å². The lowest BCUT2D eigenvalue weighted by Crippen LogP contribution is -2.53. The van der Waals surface area contributed by atoms with Crippen molar-refractivity contribution in [3.8, 4) is 11.5 Å². The van der Waals surface area contributed by atoms with E-state index in [1.807, 2.05) is 24.3 Å². The third-order valence-corrected chi connectivity index (χ3v) is 15.7. The zero-order valence-electron chi connectivity index (χ0n) is 39.1. The minimum atomic E-state index is -2.77. The van der Waals surface area contributed by atoms with E-state index >= 15 is 0 Å². The number of halogens is 1. The maximum Gasteiger partial charge on any atom is 0.255 e. The van der Waals surface area contributed by atoms with Gasteiger partial charge in [0.1, 0.15) is 36.0 Å². The molecule has 0 saturated carbocycles. The number of carbonyl (C=O) groups excluding carboxylic acids is 3. The van der Waals surface area contributed by atoms with Crippen LogP contribution >= 0.6 is 23.1 Å². The van der Waals surface area contributed by atoms with E-state index in [2.05, 4.69) is 80.6 Å². The molecule has 19 heteroatoms. The Morgan fingerprint density at radius 2 is 1.68 bits per heavy atom. The van der Waals surface area contributed by atoms with Crippen molar-refractivity contribution in [2.75, 3.05) is 88.4 Å². The number of nitrogens with zero attached hydrogens (tertiary/aromatic N) is 8. The van der Waals surface area contributed by atoms with Gasteiger partial charge in [-0.2, -0.15) is 4.98 Å². The largest absolute Gasteiger partial charge is 0.494 e. The monoisotopic (exact) mass is 1010 g/mol. The summed E-state index contributed by atoms with van der Waals surface area (Å²) >= 11 is 3.59. The molecule has 1 unspecified atom stereocenters. The molecule has 0 aliphatic carbocycles. The Balaban J connectivity index is 0.719. The lowest BCUT2D eigenvalue weighted by Gasteiger charge is -2.43. The van der Waals surface area contributed by atoms with Crippen LogP contribution in [0.1, 0.15) is 66.4 Å². The summed E-state index contributed by atoms with van der Waals surface area (Å²) in [5.41, 5.74) is 6.36. The molecule has 3 saturated heterocycles. The molecule has 4 aliphatic rings. The number of benzene rings is 3. The second-order valence-electron chi connectivity index (χ2n) is 18.4. The first-order valence-electron chi connectivity index (χ1n) is 23.5. The van der Waals surface area contributed by atoms with Gasteiger partial charge >= 0.3 is 0 Å². The number of fused-ring (bicyclic) bond motifs is 2. The van der Waals surface area contributed by atoms with Gasteiger partial charge in [-0.3, -0.25) is 34.6 Å². The zero-order valence-corrected chi connectivity index (χ0v) is 41.6. The van der Waals surface area contributed by atoms with Gasteiger partial charge in [-0.05, 0) is 117 Å². The predicted molar refractivity (Wildman–Crippen MR) is 268 cm³/mol. The summed E-state index contributed by atoms with van der Waals surface area (Å²) in [6, 6.07) is 13.4. The number of aryl methyl sites for hydroxylation is 1. The number of aromatic nitrogens is 4. The minimum absolute atomic E-state index is 0.185. The van der Waals surface area contributed by atoms with Crippen LogP contribution in [0.2, 0.25) is 0 Å². The van der Waals surface area contributed by atoms with Gasteiger partial charge in [-0.1, -0.05) is 6.07 Å². The van der Waals surface area contributed by atoms with Crippen LogP contribution in [-0.2, 0) is 20.7 Å². The smallest absolute Gasteiger partial charge is 0.255 e. The quantitative estimate of drug-likeness (QED) is 0.0530. The number of unbranched alkanes of at least 4 members (excludes halogenated alkanes) is 2. The highest BCUT2D eigenvalue weighted by atomic mass is 79.9. The summed E-state index contributed by atoms with van der Waals surface area (Å²) in [6.07, 6.45) is 10.8. The van der Waals surface area contributed by atoms with Gasteiger partial charge in [0.25, 0.3) is 5.91 Å². The van der Waals surface area contributed by atoms with Crippen LogP contribution in [-0.4, -0.2) is 137 Å². The molecule has 3 aromatic carbocycles. The molecule has 17 nitrogen and oxygen atoms in total. The zero-order chi connectivity index (χ0) is 47.5. The van der Waals surface area contributed by atoms with Crippen LogP contribution < -0.4 is 35.6 Å². The first-order valence-corrected chi connectivity index (χ1v) is 26.9. The first kappa shape index (κ1) is 47.4. The van der Waals surface area contributed by atoms with Gasteiger partial charge in [0.2, 0.25) is 17.8 Å². The first-order chi connectivity index (χ1) is 32.8. The molecule has 1 atom stereocenters. The Hall–Kier alpha value is -5.68. The lowest BCUT2D eigenvalue weighted by molar-refractivity contribution is -0.136. The molecule has 3 fully saturated rings. The average Bonchev–Trinajstić information content (AvgIpc) is 3.67. The highest BCUT2D eigenvalue weighted by Gasteiger charge is 2.40. The normalized spacial score (nSPS) is 18.5. The number of ether oxygens (including phenoxy) is 2. The molecular formula is C49H59BrN11O6P. The summed E-state index contributed by atoms with van der Waals surface area (Å²) in [6.45, 7) is 13.8. The molecule has 4 aliphatic heterocycles. The Bertz CT molecular complexity index is 2760. The summed E-state index contributed by atoms with van der Waals surface area (Å²) in [5.74, 6) is 1.39. The molecule has 6 heterocycles. The fourth-order valence-corrected chi connectivity index (χ4v) is 11.7. The SMILES string of the molecule is COc1cc(N2CCC(N3CCN(CCCCCOc4cccc5c4CN(C4CCC(=O)NC4=O)C5=O)CC3)CC2)c(C)cc1Nc1ncc(Br)c(Nc2ccc3nccnc3c2P(C)(C)=O)n1. The molecule has 3 amide bonds. The number of hydrogen-bond acceptors (Lipinski definition) is 15. The Kier molecular flexibility index (Phi) is 14.3. The second-order valence-corrected chi connectivity index (χ2v) is 22.4. The van der Waals surface area contributed by atoms with E-state index in [1.165, 1.54) is 0 Å². The molecule has 358 valence electrons. The van der Waals surface area contributed by atoms with Crippen molar-refractivity contribution in [2.24, 2.45) is 0 Å². The molecule has 68 heavy (non-hydrogen) atoms. The van der Waals surface area contributed by atoms with Crippen LogP contribution in [0.4, 0.5) is 28.8 Å². The van der Waals surface area contributed by atoms with Crippen molar-refractivity contribution in [3.63, 3.8) is 0 Å². The molecule has 0 spiro atoms. The van der Waals surface area contributed by atoms with Crippen LogP contribution in [0.15, 0.2) is 65.5 Å². The molecule has 0 bridgehead atoms. The van der Waals surface area contributed by atoms with E-state index in [1.54, 1.807) is 50.0 Å². The standard InChI is InChI=1S/C49H59BrN11O6P/c1-31-27-38(55-49-53-29-35(50)46(57-49)54-37-12-11-36-44(52-18-17-51-36)45(37)68(3,4)65)42(66-2)28-40(31)60-20-15-32(16-21-60)59-24-22-58(23-25-59)19-6-5-7-26-67-41-10-8-9-33-34(41)30-61(48(33)64)39-13-14-43(62)56-47(39)63/h8-12,17-18,27-29,32,39H,5-7,13-16,19-26,30H2,1-4H3,(H,56,62,63)(H2,53,54,55,57). The van der Waals surface area contributed by atoms with Crippen LogP contribution in [0.5, 0.6) is 11.5 Å². The third kappa shape index (κ3) is 10.3. The van der Waals surface area contributed by atoms with E-state index in [-0.39, 0.29) is 18.2 Å². The second kappa shape index (κ2) is 20.5. The van der Waals surface area contributed by atoms with Gasteiger partial charge < -0.3 is 39.4 Å². The number of amides is 3. The highest BCUT2D eigenvalue weighted by molar-refractivity contribution is 9.10. The lowest BCUT2D eigenvalue weighted by atomic mass is 10.0. The van der Waals surface area contributed by atoms with Gasteiger partial charge in [0.05, 0.1) is 46.9 Å². The fourth-order valence-electron chi connectivity index (χ4n) is 10.0. The molecule has 9 rings (SSSR count). The number of piperazine rings is 1. The molecule has 3 N–H and O–H groups in total. The number of piperidine rings is 2. The van der Waals surface area contributed by atoms with Crippen molar-refractivity contribution in [2.45, 2.75) is 70.5 Å². The summed E-state index contributed by atoms with van der Waals surface area (Å²) < 4.78 is 26.3. The van der Waals surface area contributed by atoms with E-state index in [9.17, 15) is 18.9 Å². The number of hydrogen-bond donors (Lipinski definition) is 3. The molecule has 0 radical (unpaired) electrons. The van der Waals surface area contributed by atoms with Crippen LogP contribution in [0.3, 0.4) is 0 Å². The molecule has 5 aromatic rings. The van der Waals surface area contributed by atoms with Gasteiger partial charge in [-0.25, -0.2) is 4.98 Å². The average molecular weight is 1010 g/mol. The van der Waals surface area contributed by atoms with E-state index in [4.69, 9.17) is 14.5 Å². The number of anilines is 5. The third-order valence-electron chi connectivity index (χ3n) is 13.6. The number of nitrogens with one attached hydrogen (secondary N) is 3. The number of methoxy groups -OCH3 is 1. The van der Waals surface area contributed by atoms with E-state index < -0.39 is 19.1 Å². The topological polar surface area (TPSA) is 187 Å². The Labute approximate surface area is 405 Å². The van der Waals surface area contributed by atoms with Gasteiger partial charge in [0, 0.05) is 93.2 Å². The van der Waals surface area contributed by atoms with Crippen LogP contribution in [0.25, 0.3) is 11.0 Å². The molecular weight excluding hydrogens is 949 g/mol. The summed E-state index contributed by atoms with van der Waals surface area (Å²) in [7, 11) is -1.09. The Morgan fingerprint density at radius 3 is 2.44 bits per heavy atom.